The van der Waals surface area contributed by atoms with Gasteiger partial charge in [-0.3, -0.25) is 0 Å². The van der Waals surface area contributed by atoms with Crippen LogP contribution in [0.3, 0.4) is 0 Å². The number of benzene rings is 1. The molecule has 2 nitrogen and oxygen atoms in total. The van der Waals surface area contributed by atoms with Gasteiger partial charge in [0.25, 0.3) is 0 Å². The first-order valence-electron chi connectivity index (χ1n) is 4.76. The van der Waals surface area contributed by atoms with Gasteiger partial charge in [0.2, 0.25) is 0 Å². The third-order valence-electron chi connectivity index (χ3n) is 2.56. The molecule has 0 saturated heterocycles. The van der Waals surface area contributed by atoms with Gasteiger partial charge in [-0.05, 0) is 23.6 Å². The van der Waals surface area contributed by atoms with E-state index in [1.54, 1.807) is 18.4 Å². The van der Waals surface area contributed by atoms with Crippen LogP contribution in [0.15, 0.2) is 29.6 Å². The first-order valence-corrected chi connectivity index (χ1v) is 5.64. The minimum Gasteiger partial charge on any atom is -0.497 e. The van der Waals surface area contributed by atoms with Crippen molar-refractivity contribution in [1.29, 1.82) is 0 Å². The third kappa shape index (κ3) is 1.31. The highest BCUT2D eigenvalue weighted by atomic mass is 32.1. The second-order valence-corrected chi connectivity index (χ2v) is 4.34. The molecule has 15 heavy (non-hydrogen) atoms. The van der Waals surface area contributed by atoms with Crippen molar-refractivity contribution in [2.45, 2.75) is 6.61 Å². The lowest BCUT2D eigenvalue weighted by atomic mass is 10.1. The molecular weight excluding hydrogens is 208 g/mol. The van der Waals surface area contributed by atoms with Crippen LogP contribution >= 0.6 is 11.3 Å². The zero-order chi connectivity index (χ0) is 10.3. The summed E-state index contributed by atoms with van der Waals surface area (Å²) in [4.78, 5) is 1.32. The number of thiophene rings is 1. The van der Waals surface area contributed by atoms with E-state index in [4.69, 9.17) is 9.47 Å². The molecule has 0 N–H and O–H groups in total. The molecule has 0 radical (unpaired) electrons. The number of fused-ring (bicyclic) bond motifs is 3. The Bertz CT molecular complexity index is 502. The number of methoxy groups -OCH3 is 1. The number of ether oxygens (including phenoxy) is 2. The summed E-state index contributed by atoms with van der Waals surface area (Å²) in [6.07, 6.45) is 0. The highest BCUT2D eigenvalue weighted by Gasteiger charge is 2.18. The van der Waals surface area contributed by atoms with Gasteiger partial charge in [0.15, 0.2) is 0 Å². The van der Waals surface area contributed by atoms with Gasteiger partial charge in [-0.1, -0.05) is 0 Å². The smallest absolute Gasteiger partial charge is 0.132 e. The maximum absolute atomic E-state index is 5.68. The second kappa shape index (κ2) is 3.28. The molecule has 2 heterocycles. The average Bonchev–Trinajstić information content (AvgIpc) is 2.76. The van der Waals surface area contributed by atoms with Crippen LogP contribution in [0.5, 0.6) is 11.5 Å². The minimum atomic E-state index is 0.666. The van der Waals surface area contributed by atoms with E-state index in [-0.39, 0.29) is 0 Å². The molecule has 1 aromatic heterocycles. The molecule has 0 bridgehead atoms. The molecule has 0 spiro atoms. The van der Waals surface area contributed by atoms with E-state index in [0.29, 0.717) is 6.61 Å². The highest BCUT2D eigenvalue weighted by molar-refractivity contribution is 7.13. The summed E-state index contributed by atoms with van der Waals surface area (Å²) < 4.78 is 10.9. The zero-order valence-corrected chi connectivity index (χ0v) is 9.14. The van der Waals surface area contributed by atoms with Crippen LogP contribution in [-0.4, -0.2) is 7.11 Å². The highest BCUT2D eigenvalue weighted by Crippen LogP contribution is 2.42. The van der Waals surface area contributed by atoms with Crippen molar-refractivity contribution in [1.82, 2.24) is 0 Å². The normalized spacial score (nSPS) is 12.6. The van der Waals surface area contributed by atoms with Crippen LogP contribution < -0.4 is 9.47 Å². The standard InChI is InChI=1S/C12H10O2S/c1-13-9-2-3-10-11(6-9)14-7-8-4-5-15-12(8)10/h2-6H,7H2,1H3. The van der Waals surface area contributed by atoms with Crippen LogP contribution in [0, 0.1) is 0 Å². The van der Waals surface area contributed by atoms with Crippen molar-refractivity contribution in [2.75, 3.05) is 7.11 Å². The van der Waals surface area contributed by atoms with Gasteiger partial charge < -0.3 is 9.47 Å². The molecule has 1 aliphatic rings. The molecule has 0 fully saturated rings. The summed E-state index contributed by atoms with van der Waals surface area (Å²) in [5.41, 5.74) is 2.45. The Labute approximate surface area is 92.1 Å². The Morgan fingerprint density at radius 2 is 2.27 bits per heavy atom. The molecule has 3 rings (SSSR count). The number of hydrogen-bond acceptors (Lipinski definition) is 3. The van der Waals surface area contributed by atoms with E-state index in [2.05, 4.69) is 17.5 Å². The lowest BCUT2D eigenvalue weighted by Gasteiger charge is -2.18. The second-order valence-electron chi connectivity index (χ2n) is 3.43. The van der Waals surface area contributed by atoms with E-state index in [9.17, 15) is 0 Å². The van der Waals surface area contributed by atoms with Crippen LogP contribution in [0.2, 0.25) is 0 Å². The molecule has 3 heteroatoms. The van der Waals surface area contributed by atoms with E-state index in [1.807, 2.05) is 12.1 Å². The molecule has 0 aliphatic carbocycles. The topological polar surface area (TPSA) is 18.5 Å². The Morgan fingerprint density at radius 1 is 1.33 bits per heavy atom. The van der Waals surface area contributed by atoms with E-state index in [1.165, 1.54) is 16.0 Å². The molecule has 0 amide bonds. The molecule has 76 valence electrons. The third-order valence-corrected chi connectivity index (χ3v) is 3.55. The van der Waals surface area contributed by atoms with Gasteiger partial charge in [0, 0.05) is 22.1 Å². The maximum atomic E-state index is 5.68. The lowest BCUT2D eigenvalue weighted by Crippen LogP contribution is -2.02. The Kier molecular flexibility index (Phi) is 1.92. The zero-order valence-electron chi connectivity index (χ0n) is 8.32. The van der Waals surface area contributed by atoms with Crippen LogP contribution in [-0.2, 0) is 6.61 Å². The van der Waals surface area contributed by atoms with Gasteiger partial charge in [-0.2, -0.15) is 0 Å². The Morgan fingerprint density at radius 3 is 3.13 bits per heavy atom. The largest absolute Gasteiger partial charge is 0.497 e. The van der Waals surface area contributed by atoms with Crippen LogP contribution in [0.4, 0.5) is 0 Å². The van der Waals surface area contributed by atoms with E-state index < -0.39 is 0 Å². The molecule has 1 aromatic carbocycles. The van der Waals surface area contributed by atoms with Crippen molar-refractivity contribution >= 4 is 11.3 Å². The fourth-order valence-corrected chi connectivity index (χ4v) is 2.72. The monoisotopic (exact) mass is 218 g/mol. The summed E-state index contributed by atoms with van der Waals surface area (Å²) >= 11 is 1.76. The SMILES string of the molecule is COc1ccc2c(c1)OCc1ccsc1-2. The van der Waals surface area contributed by atoms with Crippen molar-refractivity contribution in [2.24, 2.45) is 0 Å². The van der Waals surface area contributed by atoms with E-state index >= 15 is 0 Å². The lowest BCUT2D eigenvalue weighted by molar-refractivity contribution is 0.300. The fraction of sp³-hybridized carbons (Fsp3) is 0.167. The van der Waals surface area contributed by atoms with Crippen molar-refractivity contribution in [3.63, 3.8) is 0 Å². The molecule has 0 saturated carbocycles. The molecule has 0 unspecified atom stereocenters. The van der Waals surface area contributed by atoms with Crippen LogP contribution in [0.1, 0.15) is 5.56 Å². The predicted molar refractivity (Wildman–Crippen MR) is 60.6 cm³/mol. The Balaban J connectivity index is 2.18. The van der Waals surface area contributed by atoms with Gasteiger partial charge in [0.05, 0.1) is 7.11 Å². The predicted octanol–water partition coefficient (Wildman–Crippen LogP) is 3.32. The van der Waals surface area contributed by atoms with Gasteiger partial charge >= 0.3 is 0 Å². The van der Waals surface area contributed by atoms with Crippen molar-refractivity contribution in [3.05, 3.63) is 35.2 Å². The number of hydrogen-bond donors (Lipinski definition) is 0. The van der Waals surface area contributed by atoms with Crippen molar-refractivity contribution < 1.29 is 9.47 Å². The summed E-state index contributed by atoms with van der Waals surface area (Å²) in [6.45, 7) is 0.666. The first-order chi connectivity index (χ1) is 7.38. The first kappa shape index (κ1) is 8.80. The molecular formula is C12H10O2S. The summed E-state index contributed by atoms with van der Waals surface area (Å²) in [5.74, 6) is 1.76. The van der Waals surface area contributed by atoms with Crippen LogP contribution in [0.25, 0.3) is 10.4 Å². The van der Waals surface area contributed by atoms with Gasteiger partial charge in [0.1, 0.15) is 18.1 Å². The molecule has 1 aliphatic heterocycles. The summed E-state index contributed by atoms with van der Waals surface area (Å²) in [5, 5.41) is 2.10. The van der Waals surface area contributed by atoms with Crippen molar-refractivity contribution in [3.8, 4) is 21.9 Å². The fourth-order valence-electron chi connectivity index (χ4n) is 1.78. The van der Waals surface area contributed by atoms with Gasteiger partial charge in [-0.15, -0.1) is 11.3 Å². The van der Waals surface area contributed by atoms with Gasteiger partial charge in [-0.25, -0.2) is 0 Å². The maximum Gasteiger partial charge on any atom is 0.132 e. The molecule has 0 atom stereocenters. The Hall–Kier alpha value is -1.48. The molecule has 2 aromatic rings. The van der Waals surface area contributed by atoms with E-state index in [0.717, 1.165) is 11.5 Å². The summed E-state index contributed by atoms with van der Waals surface area (Å²) in [7, 11) is 1.67. The quantitative estimate of drug-likeness (QED) is 0.731. The number of rotatable bonds is 1. The summed E-state index contributed by atoms with van der Waals surface area (Å²) in [6, 6.07) is 8.09. The minimum absolute atomic E-state index is 0.666. The average molecular weight is 218 g/mol.